The number of nitriles is 1. The zero-order valence-corrected chi connectivity index (χ0v) is 13.5. The molecule has 2 aromatic rings. The smallest absolute Gasteiger partial charge is 0.263 e. The summed E-state index contributed by atoms with van der Waals surface area (Å²) in [5.41, 5.74) is -3.14. The van der Waals surface area contributed by atoms with Crippen molar-refractivity contribution in [1.29, 1.82) is 5.26 Å². The minimum Gasteiger partial charge on any atom is -0.274 e. The zero-order valence-electron chi connectivity index (χ0n) is 11.2. The van der Waals surface area contributed by atoms with Crippen LogP contribution in [0.15, 0.2) is 23.1 Å². The lowest BCUT2D eigenvalue weighted by molar-refractivity contribution is 0.455. The van der Waals surface area contributed by atoms with Crippen molar-refractivity contribution in [3.8, 4) is 6.07 Å². The van der Waals surface area contributed by atoms with Gasteiger partial charge in [-0.2, -0.15) is 5.26 Å². The number of nitrogens with one attached hydrogen (secondary N) is 1. The van der Waals surface area contributed by atoms with Crippen molar-refractivity contribution in [2.75, 3.05) is 4.72 Å². The normalized spacial score (nSPS) is 11.2. The van der Waals surface area contributed by atoms with Gasteiger partial charge in [0.15, 0.2) is 23.3 Å². The van der Waals surface area contributed by atoms with Crippen LogP contribution < -0.4 is 4.72 Å². The van der Waals surface area contributed by atoms with Gasteiger partial charge in [0.25, 0.3) is 10.0 Å². The number of anilines is 1. The van der Waals surface area contributed by atoms with Gasteiger partial charge in [-0.15, -0.1) is 0 Å². The van der Waals surface area contributed by atoms with E-state index in [2.05, 4.69) is 0 Å². The summed E-state index contributed by atoms with van der Waals surface area (Å²) in [6, 6.07) is 4.17. The van der Waals surface area contributed by atoms with Crippen molar-refractivity contribution in [2.24, 2.45) is 0 Å². The molecule has 24 heavy (non-hydrogen) atoms. The van der Waals surface area contributed by atoms with E-state index in [1.54, 1.807) is 0 Å². The van der Waals surface area contributed by atoms with Gasteiger partial charge >= 0.3 is 0 Å². The van der Waals surface area contributed by atoms with Crippen molar-refractivity contribution in [2.45, 2.75) is 4.90 Å². The summed E-state index contributed by atoms with van der Waals surface area (Å²) in [5.74, 6) is -8.23. The molecule has 1 N–H and O–H groups in total. The van der Waals surface area contributed by atoms with Gasteiger partial charge in [0.2, 0.25) is 0 Å². The Morgan fingerprint density at radius 2 is 1.54 bits per heavy atom. The number of rotatable bonds is 3. The van der Waals surface area contributed by atoms with Crippen LogP contribution in [-0.2, 0) is 10.0 Å². The lowest BCUT2D eigenvalue weighted by Gasteiger charge is -2.13. The molecule has 2 aromatic carbocycles. The van der Waals surface area contributed by atoms with Gasteiger partial charge in [0.1, 0.15) is 22.2 Å². The van der Waals surface area contributed by atoms with E-state index in [9.17, 15) is 26.0 Å². The molecular weight excluding hydrogens is 395 g/mol. The predicted molar refractivity (Wildman–Crippen MR) is 78.3 cm³/mol. The third-order valence-corrected chi connectivity index (χ3v) is 4.86. The largest absolute Gasteiger partial charge is 0.274 e. The minimum atomic E-state index is -4.73. The Kier molecular flexibility index (Phi) is 4.94. The van der Waals surface area contributed by atoms with E-state index in [-0.39, 0.29) is 10.0 Å². The van der Waals surface area contributed by atoms with Gasteiger partial charge in [0, 0.05) is 5.02 Å². The summed E-state index contributed by atoms with van der Waals surface area (Å²) in [6.45, 7) is 0. The number of benzene rings is 2. The van der Waals surface area contributed by atoms with Gasteiger partial charge in [-0.3, -0.25) is 4.72 Å². The molecule has 0 atom stereocenters. The predicted octanol–water partition coefficient (Wildman–Crippen LogP) is 4.22. The summed E-state index contributed by atoms with van der Waals surface area (Å²) in [7, 11) is -4.73. The lowest BCUT2D eigenvalue weighted by atomic mass is 10.1. The van der Waals surface area contributed by atoms with E-state index in [4.69, 9.17) is 28.5 Å². The van der Waals surface area contributed by atoms with Gasteiger partial charge < -0.3 is 0 Å². The highest BCUT2D eigenvalue weighted by atomic mass is 35.5. The van der Waals surface area contributed by atoms with Crippen molar-refractivity contribution >= 4 is 38.9 Å². The topological polar surface area (TPSA) is 70.0 Å². The molecule has 0 aliphatic carbocycles. The van der Waals surface area contributed by atoms with Crippen LogP contribution in [0.25, 0.3) is 0 Å². The Morgan fingerprint density at radius 3 is 2.04 bits per heavy atom. The highest BCUT2D eigenvalue weighted by Gasteiger charge is 2.29. The molecule has 0 aliphatic heterocycles. The maximum atomic E-state index is 13.8. The molecule has 0 spiro atoms. The molecular formula is C13H4Cl2F4N2O2S. The van der Waals surface area contributed by atoms with Crippen LogP contribution in [0.4, 0.5) is 23.2 Å². The Bertz CT molecular complexity index is 961. The van der Waals surface area contributed by atoms with Crippen molar-refractivity contribution < 1.29 is 26.0 Å². The Morgan fingerprint density at radius 1 is 1.00 bits per heavy atom. The highest BCUT2D eigenvalue weighted by molar-refractivity contribution is 7.92. The summed E-state index contributed by atoms with van der Waals surface area (Å²) in [5, 5.41) is 8.08. The maximum Gasteiger partial charge on any atom is 0.263 e. The first-order chi connectivity index (χ1) is 11.1. The van der Waals surface area contributed by atoms with Gasteiger partial charge in [-0.1, -0.05) is 23.2 Å². The number of hydrogen-bond donors (Lipinski definition) is 1. The Balaban J connectivity index is 2.64. The molecule has 0 bridgehead atoms. The van der Waals surface area contributed by atoms with Crippen LogP contribution in [0.3, 0.4) is 0 Å². The van der Waals surface area contributed by atoms with Gasteiger partial charge in [-0.05, 0) is 18.2 Å². The van der Waals surface area contributed by atoms with Crippen LogP contribution >= 0.6 is 23.2 Å². The second-order valence-corrected chi connectivity index (χ2v) is 6.79. The molecule has 126 valence electrons. The lowest BCUT2D eigenvalue weighted by Crippen LogP contribution is -2.17. The first-order valence-electron chi connectivity index (χ1n) is 5.84. The molecule has 4 nitrogen and oxygen atoms in total. The second-order valence-electron chi connectivity index (χ2n) is 4.30. The minimum absolute atomic E-state index is 0.0575. The van der Waals surface area contributed by atoms with E-state index < -0.39 is 49.4 Å². The summed E-state index contributed by atoms with van der Waals surface area (Å²) >= 11 is 11.3. The van der Waals surface area contributed by atoms with E-state index in [0.29, 0.717) is 0 Å². The molecule has 0 saturated heterocycles. The van der Waals surface area contributed by atoms with Crippen LogP contribution in [0.2, 0.25) is 10.0 Å². The average molecular weight is 399 g/mol. The van der Waals surface area contributed by atoms with Crippen molar-refractivity contribution in [3.63, 3.8) is 0 Å². The molecule has 0 heterocycles. The quantitative estimate of drug-likeness (QED) is 0.621. The molecule has 2 rings (SSSR count). The van der Waals surface area contributed by atoms with Crippen LogP contribution in [-0.4, -0.2) is 8.42 Å². The molecule has 0 fully saturated rings. The summed E-state index contributed by atoms with van der Waals surface area (Å²) < 4.78 is 80.3. The van der Waals surface area contributed by atoms with Crippen molar-refractivity contribution in [1.82, 2.24) is 0 Å². The van der Waals surface area contributed by atoms with Gasteiger partial charge in [-0.25, -0.2) is 26.0 Å². The molecule has 11 heteroatoms. The number of nitrogens with zero attached hydrogens (tertiary/aromatic N) is 1. The molecule has 0 saturated carbocycles. The van der Waals surface area contributed by atoms with Gasteiger partial charge in [0.05, 0.1) is 5.02 Å². The SMILES string of the molecule is N#Cc1c(F)c(F)c(NS(=O)(=O)c2cc(Cl)ccc2Cl)c(F)c1F. The second kappa shape index (κ2) is 6.47. The zero-order chi connectivity index (χ0) is 18.2. The maximum absolute atomic E-state index is 13.8. The molecule has 0 amide bonds. The molecule has 0 aromatic heterocycles. The number of sulfonamides is 1. The van der Waals surface area contributed by atoms with E-state index in [1.165, 1.54) is 10.8 Å². The van der Waals surface area contributed by atoms with Crippen LogP contribution in [0.1, 0.15) is 5.56 Å². The summed E-state index contributed by atoms with van der Waals surface area (Å²) in [6.07, 6.45) is 0. The monoisotopic (exact) mass is 398 g/mol. The third kappa shape index (κ3) is 3.13. The fraction of sp³-hybridized carbons (Fsp3) is 0. The molecule has 0 radical (unpaired) electrons. The fourth-order valence-corrected chi connectivity index (χ4v) is 3.52. The summed E-state index contributed by atoms with van der Waals surface area (Å²) in [4.78, 5) is -0.666. The van der Waals surface area contributed by atoms with Crippen molar-refractivity contribution in [3.05, 3.63) is 57.1 Å². The van der Waals surface area contributed by atoms with Crippen LogP contribution in [0, 0.1) is 34.6 Å². The van der Waals surface area contributed by atoms with E-state index in [1.807, 2.05) is 0 Å². The standard InChI is InChI=1S/C13H4Cl2F4N2O2S/c14-5-1-2-7(15)8(3-5)24(22,23)21-13-11(18)9(16)6(4-20)10(17)12(13)19/h1-3,21H. The van der Waals surface area contributed by atoms with E-state index in [0.717, 1.165) is 18.2 Å². The Hall–Kier alpha value is -2.02. The van der Waals surface area contributed by atoms with Crippen LogP contribution in [0.5, 0.6) is 0 Å². The first kappa shape index (κ1) is 18.3. The highest BCUT2D eigenvalue weighted by Crippen LogP contribution is 2.31. The Labute approximate surface area is 143 Å². The molecule has 0 aliphatic rings. The fourth-order valence-electron chi connectivity index (χ4n) is 1.69. The third-order valence-electron chi connectivity index (χ3n) is 2.79. The first-order valence-corrected chi connectivity index (χ1v) is 8.08. The number of hydrogen-bond acceptors (Lipinski definition) is 3. The average Bonchev–Trinajstić information content (AvgIpc) is 2.52. The van der Waals surface area contributed by atoms with E-state index >= 15 is 0 Å². The molecule has 0 unspecified atom stereocenters. The number of halogens is 6.